The first kappa shape index (κ1) is 21.8. The minimum atomic E-state index is -0.997. The maximum Gasteiger partial charge on any atom is 0.242 e. The van der Waals surface area contributed by atoms with E-state index in [1.807, 2.05) is 0 Å². The molecule has 29 heavy (non-hydrogen) atoms. The molecule has 0 unspecified atom stereocenters. The molecule has 0 aliphatic carbocycles. The molecule has 0 radical (unpaired) electrons. The van der Waals surface area contributed by atoms with Gasteiger partial charge in [-0.25, -0.2) is 0 Å². The molecule has 0 saturated carbocycles. The number of piperidine rings is 2. The van der Waals surface area contributed by atoms with Crippen LogP contribution in [0.25, 0.3) is 0 Å². The lowest BCUT2D eigenvalue weighted by atomic mass is 9.92. The average molecular weight is 401 g/mol. The molecule has 160 valence electrons. The van der Waals surface area contributed by atoms with E-state index < -0.39 is 11.4 Å². The van der Waals surface area contributed by atoms with Crippen molar-refractivity contribution < 1.29 is 9.59 Å². The first-order valence-electron chi connectivity index (χ1n) is 11.0. The van der Waals surface area contributed by atoms with E-state index in [4.69, 9.17) is 5.73 Å². The van der Waals surface area contributed by atoms with Crippen LogP contribution in [0.15, 0.2) is 30.3 Å². The van der Waals surface area contributed by atoms with Crippen LogP contribution in [-0.2, 0) is 16.0 Å². The molecule has 1 aromatic rings. The summed E-state index contributed by atoms with van der Waals surface area (Å²) in [7, 11) is 0. The third-order valence-corrected chi connectivity index (χ3v) is 6.51. The van der Waals surface area contributed by atoms with Crippen LogP contribution in [0.3, 0.4) is 0 Å². The fourth-order valence-electron chi connectivity index (χ4n) is 4.46. The predicted octanol–water partition coefficient (Wildman–Crippen LogP) is 1.79. The number of amides is 2. The van der Waals surface area contributed by atoms with Gasteiger partial charge >= 0.3 is 0 Å². The van der Waals surface area contributed by atoms with Gasteiger partial charge in [-0.2, -0.15) is 0 Å². The largest absolute Gasteiger partial charge is 0.368 e. The Morgan fingerprint density at radius 3 is 2.45 bits per heavy atom. The van der Waals surface area contributed by atoms with Crippen LogP contribution in [0.1, 0.15) is 45.1 Å². The normalized spacial score (nSPS) is 22.3. The molecule has 2 saturated heterocycles. The highest BCUT2D eigenvalue weighted by atomic mass is 16.2. The molecule has 6 nitrogen and oxygen atoms in total. The standard InChI is InChI=1S/C23H36N4O2/c1-23(2,22(24)29)25-21(28)19-9-6-13-27(17-19)20-11-15-26(16-12-20)14-10-18-7-4-3-5-8-18/h3-5,7-8,19-20H,6,9-17H2,1-2H3,(H2,24,29)(H,25,28)/t19-/m1/s1. The zero-order valence-corrected chi connectivity index (χ0v) is 17.9. The van der Waals surface area contributed by atoms with Gasteiger partial charge in [0.1, 0.15) is 5.54 Å². The first-order valence-corrected chi connectivity index (χ1v) is 11.0. The highest BCUT2D eigenvalue weighted by Gasteiger charge is 2.35. The molecule has 2 aliphatic heterocycles. The van der Waals surface area contributed by atoms with Crippen LogP contribution in [-0.4, -0.2) is 65.9 Å². The molecular formula is C23H36N4O2. The van der Waals surface area contributed by atoms with Crippen LogP contribution in [0.5, 0.6) is 0 Å². The quantitative estimate of drug-likeness (QED) is 0.731. The van der Waals surface area contributed by atoms with E-state index in [9.17, 15) is 9.59 Å². The summed E-state index contributed by atoms with van der Waals surface area (Å²) in [5, 5.41) is 2.84. The van der Waals surface area contributed by atoms with Gasteiger partial charge in [-0.05, 0) is 71.1 Å². The zero-order chi connectivity index (χ0) is 20.9. The highest BCUT2D eigenvalue weighted by Crippen LogP contribution is 2.24. The summed E-state index contributed by atoms with van der Waals surface area (Å²) in [6, 6.07) is 11.2. The van der Waals surface area contributed by atoms with Crippen molar-refractivity contribution in [3.05, 3.63) is 35.9 Å². The molecule has 0 aromatic heterocycles. The number of nitrogens with two attached hydrogens (primary N) is 1. The molecule has 3 N–H and O–H groups in total. The van der Waals surface area contributed by atoms with E-state index >= 15 is 0 Å². The Hall–Kier alpha value is -1.92. The molecule has 2 heterocycles. The Morgan fingerprint density at radius 2 is 1.79 bits per heavy atom. The van der Waals surface area contributed by atoms with Gasteiger partial charge in [0.2, 0.25) is 11.8 Å². The lowest BCUT2D eigenvalue weighted by Gasteiger charge is -2.42. The SMILES string of the molecule is CC(C)(NC(=O)[C@@H]1CCCN(C2CCN(CCc3ccccc3)CC2)C1)C(N)=O. The second-order valence-corrected chi connectivity index (χ2v) is 9.12. The fourth-order valence-corrected chi connectivity index (χ4v) is 4.46. The maximum absolute atomic E-state index is 12.7. The zero-order valence-electron chi connectivity index (χ0n) is 17.9. The molecule has 0 spiro atoms. The third-order valence-electron chi connectivity index (χ3n) is 6.51. The highest BCUT2D eigenvalue weighted by molar-refractivity contribution is 5.90. The second kappa shape index (κ2) is 9.72. The Kier molecular flexibility index (Phi) is 7.30. The number of rotatable bonds is 7. The van der Waals surface area contributed by atoms with Gasteiger partial charge in [0.15, 0.2) is 0 Å². The van der Waals surface area contributed by atoms with E-state index in [1.54, 1.807) is 13.8 Å². The van der Waals surface area contributed by atoms with Gasteiger partial charge in [0.05, 0.1) is 5.92 Å². The van der Waals surface area contributed by atoms with Gasteiger partial charge in [0, 0.05) is 19.1 Å². The number of hydrogen-bond acceptors (Lipinski definition) is 4. The molecule has 2 aliphatic rings. The predicted molar refractivity (Wildman–Crippen MR) is 115 cm³/mol. The fraction of sp³-hybridized carbons (Fsp3) is 0.652. The summed E-state index contributed by atoms with van der Waals surface area (Å²) in [5.74, 6) is -0.598. The van der Waals surface area contributed by atoms with Crippen molar-refractivity contribution in [1.82, 2.24) is 15.1 Å². The minimum Gasteiger partial charge on any atom is -0.368 e. The monoisotopic (exact) mass is 400 g/mol. The Morgan fingerprint density at radius 1 is 1.10 bits per heavy atom. The van der Waals surface area contributed by atoms with Gasteiger partial charge < -0.3 is 16.0 Å². The number of carbonyl (C=O) groups excluding carboxylic acids is 2. The third kappa shape index (κ3) is 6.03. The summed E-state index contributed by atoms with van der Waals surface area (Å²) in [4.78, 5) is 29.2. The van der Waals surface area contributed by atoms with E-state index in [2.05, 4.69) is 45.4 Å². The van der Waals surface area contributed by atoms with E-state index in [0.29, 0.717) is 6.04 Å². The van der Waals surface area contributed by atoms with Gasteiger partial charge in [-0.3, -0.25) is 14.5 Å². The minimum absolute atomic E-state index is 0.0428. The van der Waals surface area contributed by atoms with Crippen LogP contribution in [0, 0.1) is 5.92 Å². The summed E-state index contributed by atoms with van der Waals surface area (Å²) in [6.07, 6.45) is 5.34. The van der Waals surface area contributed by atoms with Crippen LogP contribution in [0.4, 0.5) is 0 Å². The molecular weight excluding hydrogens is 364 g/mol. The van der Waals surface area contributed by atoms with E-state index in [-0.39, 0.29) is 11.8 Å². The molecule has 6 heteroatoms. The first-order chi connectivity index (χ1) is 13.8. The van der Waals surface area contributed by atoms with Crippen molar-refractivity contribution in [3.63, 3.8) is 0 Å². The van der Waals surface area contributed by atoms with Crippen molar-refractivity contribution in [2.75, 3.05) is 32.7 Å². The molecule has 2 fully saturated rings. The van der Waals surface area contributed by atoms with E-state index in [1.165, 1.54) is 5.56 Å². The maximum atomic E-state index is 12.7. The molecule has 1 aromatic carbocycles. The van der Waals surface area contributed by atoms with Crippen molar-refractivity contribution in [2.24, 2.45) is 11.7 Å². The molecule has 1 atom stereocenters. The van der Waals surface area contributed by atoms with Crippen molar-refractivity contribution >= 4 is 11.8 Å². The Labute approximate surface area is 174 Å². The average Bonchev–Trinajstić information content (AvgIpc) is 2.73. The number of hydrogen-bond donors (Lipinski definition) is 2. The van der Waals surface area contributed by atoms with Crippen LogP contribution in [0.2, 0.25) is 0 Å². The van der Waals surface area contributed by atoms with E-state index in [0.717, 1.165) is 64.8 Å². The summed E-state index contributed by atoms with van der Waals surface area (Å²) in [5.41, 5.74) is 5.80. The summed E-state index contributed by atoms with van der Waals surface area (Å²) in [6.45, 7) is 8.55. The Balaban J connectivity index is 1.44. The van der Waals surface area contributed by atoms with Crippen LogP contribution < -0.4 is 11.1 Å². The lowest BCUT2D eigenvalue weighted by Crippen LogP contribution is -2.57. The number of nitrogens with zero attached hydrogens (tertiary/aromatic N) is 2. The molecule has 2 amide bonds. The van der Waals surface area contributed by atoms with Crippen molar-refractivity contribution in [1.29, 1.82) is 0 Å². The van der Waals surface area contributed by atoms with Crippen LogP contribution >= 0.6 is 0 Å². The smallest absolute Gasteiger partial charge is 0.242 e. The molecule has 3 rings (SSSR count). The van der Waals surface area contributed by atoms with Crippen molar-refractivity contribution in [3.8, 4) is 0 Å². The number of primary amides is 1. The number of nitrogens with one attached hydrogen (secondary N) is 1. The van der Waals surface area contributed by atoms with Crippen molar-refractivity contribution in [2.45, 2.75) is 57.5 Å². The summed E-state index contributed by atoms with van der Waals surface area (Å²) >= 11 is 0. The number of likely N-dealkylation sites (tertiary alicyclic amines) is 2. The number of carbonyl (C=O) groups is 2. The Bertz CT molecular complexity index is 683. The lowest BCUT2D eigenvalue weighted by molar-refractivity contribution is -0.134. The van der Waals surface area contributed by atoms with Gasteiger partial charge in [0.25, 0.3) is 0 Å². The second-order valence-electron chi connectivity index (χ2n) is 9.12. The summed E-state index contributed by atoms with van der Waals surface area (Å²) < 4.78 is 0. The molecule has 0 bridgehead atoms. The van der Waals surface area contributed by atoms with Gasteiger partial charge in [-0.1, -0.05) is 30.3 Å². The van der Waals surface area contributed by atoms with Gasteiger partial charge in [-0.15, -0.1) is 0 Å². The topological polar surface area (TPSA) is 78.7 Å². The number of benzene rings is 1.